The van der Waals surface area contributed by atoms with E-state index in [1.54, 1.807) is 17.7 Å². The molecular formula is C12H10N2O4S. The first-order valence-corrected chi connectivity index (χ1v) is 6.25. The van der Waals surface area contributed by atoms with Gasteiger partial charge < -0.3 is 10.4 Å². The lowest BCUT2D eigenvalue weighted by atomic mass is 10.2. The Morgan fingerprint density at radius 3 is 2.74 bits per heavy atom. The van der Waals surface area contributed by atoms with E-state index in [0.717, 1.165) is 5.56 Å². The number of anilines is 1. The first kappa shape index (κ1) is 13.0. The number of benzene rings is 1. The molecule has 0 fully saturated rings. The number of nitrogens with one attached hydrogen (secondary N) is 1. The molecule has 0 bridgehead atoms. The van der Waals surface area contributed by atoms with Crippen LogP contribution in [0.4, 0.5) is 11.4 Å². The second-order valence-electron chi connectivity index (χ2n) is 3.85. The number of phenols is 1. The Morgan fingerprint density at radius 2 is 2.16 bits per heavy atom. The first-order chi connectivity index (χ1) is 9.00. The summed E-state index contributed by atoms with van der Waals surface area (Å²) in [6.07, 6.45) is 0. The lowest BCUT2D eigenvalue weighted by Crippen LogP contribution is -2.13. The zero-order valence-corrected chi connectivity index (χ0v) is 10.7. The molecule has 2 rings (SSSR count). The van der Waals surface area contributed by atoms with Gasteiger partial charge in [-0.3, -0.25) is 14.9 Å². The number of nitrogens with zero attached hydrogens (tertiary/aromatic N) is 1. The summed E-state index contributed by atoms with van der Waals surface area (Å²) < 4.78 is 0. The highest BCUT2D eigenvalue weighted by molar-refractivity contribution is 7.08. The third-order valence-electron chi connectivity index (χ3n) is 2.56. The molecule has 0 aliphatic carbocycles. The van der Waals surface area contributed by atoms with Gasteiger partial charge in [0.1, 0.15) is 5.75 Å². The van der Waals surface area contributed by atoms with Crippen LogP contribution in [0.15, 0.2) is 29.0 Å². The highest BCUT2D eigenvalue weighted by Gasteiger charge is 2.20. The van der Waals surface area contributed by atoms with Crippen molar-refractivity contribution in [2.24, 2.45) is 0 Å². The van der Waals surface area contributed by atoms with Crippen molar-refractivity contribution in [1.29, 1.82) is 0 Å². The SMILES string of the molecule is Cc1cscc1C(=O)Nc1c(O)cccc1[N+](=O)[O-]. The Labute approximate surface area is 112 Å². The number of hydrogen-bond donors (Lipinski definition) is 2. The number of rotatable bonds is 3. The van der Waals surface area contributed by atoms with E-state index in [2.05, 4.69) is 5.32 Å². The zero-order chi connectivity index (χ0) is 14.0. The van der Waals surface area contributed by atoms with Gasteiger partial charge in [-0.25, -0.2) is 0 Å². The number of nitro groups is 1. The Kier molecular flexibility index (Phi) is 3.48. The van der Waals surface area contributed by atoms with Crippen LogP contribution in [0.1, 0.15) is 15.9 Å². The van der Waals surface area contributed by atoms with E-state index in [1.165, 1.54) is 29.5 Å². The maximum Gasteiger partial charge on any atom is 0.296 e. The van der Waals surface area contributed by atoms with Gasteiger partial charge in [0.25, 0.3) is 11.6 Å². The van der Waals surface area contributed by atoms with Gasteiger partial charge in [0.15, 0.2) is 5.69 Å². The van der Waals surface area contributed by atoms with E-state index >= 15 is 0 Å². The van der Waals surface area contributed by atoms with Crippen LogP contribution in [0.5, 0.6) is 5.75 Å². The minimum atomic E-state index is -0.657. The molecule has 0 saturated carbocycles. The fourth-order valence-electron chi connectivity index (χ4n) is 1.58. The number of aromatic hydroxyl groups is 1. The van der Waals surface area contributed by atoms with Gasteiger partial charge in [-0.2, -0.15) is 11.3 Å². The van der Waals surface area contributed by atoms with Gasteiger partial charge in [0, 0.05) is 11.4 Å². The van der Waals surface area contributed by atoms with Crippen LogP contribution in [0.25, 0.3) is 0 Å². The molecule has 1 amide bonds. The molecule has 0 unspecified atom stereocenters. The second-order valence-corrected chi connectivity index (χ2v) is 4.59. The van der Waals surface area contributed by atoms with Crippen LogP contribution in [-0.2, 0) is 0 Å². The summed E-state index contributed by atoms with van der Waals surface area (Å²) in [5.74, 6) is -0.821. The summed E-state index contributed by atoms with van der Waals surface area (Å²) in [4.78, 5) is 22.2. The van der Waals surface area contributed by atoms with Gasteiger partial charge >= 0.3 is 0 Å². The van der Waals surface area contributed by atoms with Crippen molar-refractivity contribution >= 4 is 28.6 Å². The van der Waals surface area contributed by atoms with E-state index in [-0.39, 0.29) is 17.1 Å². The quantitative estimate of drug-likeness (QED) is 0.513. The predicted octanol–water partition coefficient (Wildman–Crippen LogP) is 2.92. The van der Waals surface area contributed by atoms with Crippen LogP contribution in [0.3, 0.4) is 0 Å². The molecule has 1 aromatic heterocycles. The molecule has 0 atom stereocenters. The standard InChI is InChI=1S/C12H10N2O4S/c1-7-5-19-6-8(7)12(16)13-11-9(14(17)18)3-2-4-10(11)15/h2-6,15H,1H3,(H,13,16). The molecule has 2 N–H and O–H groups in total. The van der Waals surface area contributed by atoms with Crippen molar-refractivity contribution in [3.8, 4) is 5.75 Å². The minimum Gasteiger partial charge on any atom is -0.505 e. The largest absolute Gasteiger partial charge is 0.505 e. The van der Waals surface area contributed by atoms with Crippen molar-refractivity contribution < 1.29 is 14.8 Å². The smallest absolute Gasteiger partial charge is 0.296 e. The molecular weight excluding hydrogens is 268 g/mol. The molecule has 0 saturated heterocycles. The molecule has 0 radical (unpaired) electrons. The number of hydrogen-bond acceptors (Lipinski definition) is 5. The third kappa shape index (κ3) is 2.55. The van der Waals surface area contributed by atoms with Crippen molar-refractivity contribution in [3.05, 3.63) is 50.2 Å². The summed E-state index contributed by atoms with van der Waals surface area (Å²) >= 11 is 1.36. The second kappa shape index (κ2) is 5.07. The zero-order valence-electron chi connectivity index (χ0n) is 9.91. The molecule has 1 aromatic carbocycles. The van der Waals surface area contributed by atoms with E-state index in [1.807, 2.05) is 0 Å². The maximum atomic E-state index is 12.0. The van der Waals surface area contributed by atoms with Crippen LogP contribution in [0, 0.1) is 17.0 Å². The van der Waals surface area contributed by atoms with Crippen LogP contribution >= 0.6 is 11.3 Å². The van der Waals surface area contributed by atoms with E-state index < -0.39 is 10.8 Å². The Morgan fingerprint density at radius 1 is 1.42 bits per heavy atom. The summed E-state index contributed by atoms with van der Waals surface area (Å²) in [7, 11) is 0. The van der Waals surface area contributed by atoms with Gasteiger partial charge in [0.2, 0.25) is 0 Å². The minimum absolute atomic E-state index is 0.192. The first-order valence-electron chi connectivity index (χ1n) is 5.31. The molecule has 7 heteroatoms. The lowest BCUT2D eigenvalue weighted by molar-refractivity contribution is -0.384. The Hall–Kier alpha value is -2.41. The highest BCUT2D eigenvalue weighted by atomic mass is 32.1. The van der Waals surface area contributed by atoms with Gasteiger partial charge in [-0.15, -0.1) is 0 Å². The molecule has 6 nitrogen and oxygen atoms in total. The number of aryl methyl sites for hydroxylation is 1. The fourth-order valence-corrected chi connectivity index (χ4v) is 2.41. The molecule has 0 spiro atoms. The predicted molar refractivity (Wildman–Crippen MR) is 71.8 cm³/mol. The number of thiophene rings is 1. The van der Waals surface area contributed by atoms with E-state index in [9.17, 15) is 20.0 Å². The molecule has 1 heterocycles. The van der Waals surface area contributed by atoms with E-state index in [0.29, 0.717) is 5.56 Å². The number of nitro benzene ring substituents is 1. The number of amides is 1. The summed E-state index contributed by atoms with van der Waals surface area (Å²) in [5.41, 5.74) is 0.674. The lowest BCUT2D eigenvalue weighted by Gasteiger charge is -2.07. The molecule has 19 heavy (non-hydrogen) atoms. The average Bonchev–Trinajstić information content (AvgIpc) is 2.77. The molecule has 0 aliphatic rings. The molecule has 98 valence electrons. The highest BCUT2D eigenvalue weighted by Crippen LogP contribution is 2.33. The molecule has 2 aromatic rings. The third-order valence-corrected chi connectivity index (χ3v) is 3.42. The van der Waals surface area contributed by atoms with Gasteiger partial charge in [0.05, 0.1) is 10.5 Å². The summed E-state index contributed by atoms with van der Waals surface area (Å²) in [6.45, 7) is 1.77. The number of carbonyl (C=O) groups excluding carboxylic acids is 1. The van der Waals surface area contributed by atoms with E-state index in [4.69, 9.17) is 0 Å². The van der Waals surface area contributed by atoms with Gasteiger partial charge in [-0.1, -0.05) is 6.07 Å². The topological polar surface area (TPSA) is 92.5 Å². The number of para-hydroxylation sites is 1. The fraction of sp³-hybridized carbons (Fsp3) is 0.0833. The number of phenolic OH excluding ortho intramolecular Hbond substituents is 1. The normalized spacial score (nSPS) is 10.2. The summed E-state index contributed by atoms with van der Waals surface area (Å²) in [5, 5.41) is 26.3. The molecule has 0 aliphatic heterocycles. The van der Waals surface area contributed by atoms with Crippen molar-refractivity contribution in [1.82, 2.24) is 0 Å². The number of carbonyl (C=O) groups is 1. The van der Waals surface area contributed by atoms with Crippen molar-refractivity contribution in [2.45, 2.75) is 6.92 Å². The van der Waals surface area contributed by atoms with Crippen molar-refractivity contribution in [3.63, 3.8) is 0 Å². The Balaban J connectivity index is 2.36. The van der Waals surface area contributed by atoms with Gasteiger partial charge in [-0.05, 0) is 23.9 Å². The monoisotopic (exact) mass is 278 g/mol. The van der Waals surface area contributed by atoms with Crippen LogP contribution in [0.2, 0.25) is 0 Å². The van der Waals surface area contributed by atoms with Crippen molar-refractivity contribution in [2.75, 3.05) is 5.32 Å². The Bertz CT molecular complexity index is 651. The average molecular weight is 278 g/mol. The van der Waals surface area contributed by atoms with Crippen LogP contribution < -0.4 is 5.32 Å². The van der Waals surface area contributed by atoms with Crippen LogP contribution in [-0.4, -0.2) is 15.9 Å². The maximum absolute atomic E-state index is 12.0. The summed E-state index contributed by atoms with van der Waals surface area (Å²) in [6, 6.07) is 3.85.